The van der Waals surface area contributed by atoms with Gasteiger partial charge in [-0.05, 0) is 68.1 Å². The largest absolute Gasteiger partial charge is 0.336 e. The third-order valence-corrected chi connectivity index (χ3v) is 9.44. The summed E-state index contributed by atoms with van der Waals surface area (Å²) in [5, 5.41) is 0. The van der Waals surface area contributed by atoms with E-state index in [9.17, 15) is 26.0 Å². The Bertz CT molecular complexity index is 1300. The zero-order valence-electron chi connectivity index (χ0n) is 18.4. The Kier molecular flexibility index (Phi) is 6.34. The lowest BCUT2D eigenvalue weighted by molar-refractivity contribution is 0.0697. The molecule has 11 heteroatoms. The fraction of sp³-hybridized carbons (Fsp3) is 0.409. The van der Waals surface area contributed by atoms with Crippen LogP contribution in [-0.2, 0) is 20.0 Å². The summed E-state index contributed by atoms with van der Waals surface area (Å²) in [5.74, 6) is -1.40. The van der Waals surface area contributed by atoms with E-state index in [2.05, 4.69) is 4.72 Å². The van der Waals surface area contributed by atoms with Gasteiger partial charge in [-0.3, -0.25) is 4.79 Å². The van der Waals surface area contributed by atoms with Crippen molar-refractivity contribution >= 4 is 26.0 Å². The molecule has 0 spiro atoms. The average Bonchev–Trinajstić information content (AvgIpc) is 3.58. The molecule has 1 aliphatic heterocycles. The molecule has 33 heavy (non-hydrogen) atoms. The molecule has 8 nitrogen and oxygen atoms in total. The van der Waals surface area contributed by atoms with Crippen LogP contribution in [0, 0.1) is 19.7 Å². The molecule has 1 saturated heterocycles. The van der Waals surface area contributed by atoms with Crippen LogP contribution in [-0.4, -0.2) is 64.2 Å². The second-order valence-electron chi connectivity index (χ2n) is 8.48. The molecule has 0 unspecified atom stereocenters. The van der Waals surface area contributed by atoms with Gasteiger partial charge in [-0.2, -0.15) is 4.31 Å². The number of nitrogens with one attached hydrogen (secondary N) is 1. The third kappa shape index (κ3) is 4.96. The van der Waals surface area contributed by atoms with E-state index in [-0.39, 0.29) is 42.7 Å². The van der Waals surface area contributed by atoms with Crippen molar-refractivity contribution < 1.29 is 26.0 Å². The van der Waals surface area contributed by atoms with Crippen molar-refractivity contribution in [1.29, 1.82) is 0 Å². The molecular weight excluding hydrogens is 469 g/mol. The molecule has 0 atom stereocenters. The van der Waals surface area contributed by atoms with Crippen molar-refractivity contribution in [2.24, 2.45) is 0 Å². The highest BCUT2D eigenvalue weighted by Crippen LogP contribution is 2.25. The lowest BCUT2D eigenvalue weighted by atomic mass is 10.1. The summed E-state index contributed by atoms with van der Waals surface area (Å²) in [7, 11) is -7.76. The normalized spacial score (nSPS) is 17.8. The van der Waals surface area contributed by atoms with Crippen LogP contribution in [0.15, 0.2) is 46.2 Å². The van der Waals surface area contributed by atoms with Gasteiger partial charge >= 0.3 is 0 Å². The Hall–Kier alpha value is -2.34. The van der Waals surface area contributed by atoms with Gasteiger partial charge in [-0.15, -0.1) is 0 Å². The number of carbonyl (C=O) groups excluding carboxylic acids is 1. The van der Waals surface area contributed by atoms with Crippen LogP contribution in [0.4, 0.5) is 4.39 Å². The van der Waals surface area contributed by atoms with E-state index in [1.807, 2.05) is 13.8 Å². The molecule has 0 bridgehead atoms. The molecule has 0 radical (unpaired) electrons. The number of carbonyl (C=O) groups is 1. The van der Waals surface area contributed by atoms with Crippen LogP contribution >= 0.6 is 0 Å². The maximum Gasteiger partial charge on any atom is 0.253 e. The highest BCUT2D eigenvalue weighted by atomic mass is 32.2. The monoisotopic (exact) mass is 495 g/mol. The summed E-state index contributed by atoms with van der Waals surface area (Å²) in [4.78, 5) is 14.1. The molecule has 2 aliphatic rings. The first kappa shape index (κ1) is 23.8. The van der Waals surface area contributed by atoms with Crippen molar-refractivity contribution in [2.45, 2.75) is 42.5 Å². The first-order valence-corrected chi connectivity index (χ1v) is 13.6. The number of rotatable bonds is 6. The van der Waals surface area contributed by atoms with Crippen molar-refractivity contribution in [1.82, 2.24) is 13.9 Å². The summed E-state index contributed by atoms with van der Waals surface area (Å²) in [6.07, 6.45) is 1.41. The van der Waals surface area contributed by atoms with Gasteiger partial charge in [0.1, 0.15) is 10.7 Å². The Morgan fingerprint density at radius 1 is 0.939 bits per heavy atom. The first-order valence-electron chi connectivity index (χ1n) is 10.7. The molecular formula is C22H26FN3O5S2. The lowest BCUT2D eigenvalue weighted by Gasteiger charge is -2.34. The zero-order valence-corrected chi connectivity index (χ0v) is 20.0. The van der Waals surface area contributed by atoms with Gasteiger partial charge < -0.3 is 4.90 Å². The quantitative estimate of drug-likeness (QED) is 0.661. The predicted octanol–water partition coefficient (Wildman–Crippen LogP) is 2.03. The van der Waals surface area contributed by atoms with Gasteiger partial charge in [-0.25, -0.2) is 25.9 Å². The number of sulfonamides is 2. The van der Waals surface area contributed by atoms with Crippen molar-refractivity contribution in [2.75, 3.05) is 26.2 Å². The Morgan fingerprint density at radius 3 is 2.21 bits per heavy atom. The number of aryl methyl sites for hydroxylation is 2. The first-order chi connectivity index (χ1) is 15.5. The number of piperazine rings is 1. The van der Waals surface area contributed by atoms with E-state index < -0.39 is 36.7 Å². The summed E-state index contributed by atoms with van der Waals surface area (Å²) in [6.45, 7) is 4.26. The van der Waals surface area contributed by atoms with E-state index in [1.165, 1.54) is 15.3 Å². The number of hydrogen-bond acceptors (Lipinski definition) is 5. The number of halogens is 1. The summed E-state index contributed by atoms with van der Waals surface area (Å²) in [5.41, 5.74) is 1.92. The standard InChI is InChI=1S/C22H26FN3O5S2/c1-15-3-7-19(13-16(15)2)33(30,31)26-11-9-25(10-12-26)22(27)17-4-8-20(23)21(14-17)32(28,29)24-18-5-6-18/h3-4,7-8,13-14,18,24H,5-6,9-12H2,1-2H3. The van der Waals surface area contributed by atoms with E-state index in [0.717, 1.165) is 23.3 Å². The van der Waals surface area contributed by atoms with Gasteiger partial charge in [-0.1, -0.05) is 6.07 Å². The molecule has 1 heterocycles. The van der Waals surface area contributed by atoms with Crippen LogP contribution in [0.1, 0.15) is 34.3 Å². The smallest absolute Gasteiger partial charge is 0.253 e. The molecule has 1 saturated carbocycles. The molecule has 4 rings (SSSR count). The van der Waals surface area contributed by atoms with E-state index in [0.29, 0.717) is 12.8 Å². The van der Waals surface area contributed by atoms with E-state index >= 15 is 0 Å². The third-order valence-electron chi connectivity index (χ3n) is 6.01. The van der Waals surface area contributed by atoms with Crippen LogP contribution in [0.2, 0.25) is 0 Å². The minimum Gasteiger partial charge on any atom is -0.336 e. The molecule has 0 aromatic heterocycles. The Balaban J connectivity index is 1.47. The van der Waals surface area contributed by atoms with E-state index in [4.69, 9.17) is 0 Å². The Morgan fingerprint density at radius 2 is 1.61 bits per heavy atom. The van der Waals surface area contributed by atoms with Crippen LogP contribution < -0.4 is 4.72 Å². The second kappa shape index (κ2) is 8.79. The molecule has 2 fully saturated rings. The fourth-order valence-electron chi connectivity index (χ4n) is 3.66. The fourth-order valence-corrected chi connectivity index (χ4v) is 6.58. The van der Waals surface area contributed by atoms with Crippen molar-refractivity contribution in [3.8, 4) is 0 Å². The Labute approximate surface area is 193 Å². The van der Waals surface area contributed by atoms with Crippen molar-refractivity contribution in [3.05, 3.63) is 58.9 Å². The molecule has 178 valence electrons. The van der Waals surface area contributed by atoms with Crippen LogP contribution in [0.3, 0.4) is 0 Å². The maximum absolute atomic E-state index is 14.2. The second-order valence-corrected chi connectivity index (χ2v) is 12.1. The highest BCUT2D eigenvalue weighted by molar-refractivity contribution is 7.89. The SMILES string of the molecule is Cc1ccc(S(=O)(=O)N2CCN(C(=O)c3ccc(F)c(S(=O)(=O)NC4CC4)c3)CC2)cc1C. The summed E-state index contributed by atoms with van der Waals surface area (Å²) in [6, 6.07) is 8.03. The lowest BCUT2D eigenvalue weighted by Crippen LogP contribution is -2.50. The highest BCUT2D eigenvalue weighted by Gasteiger charge is 2.33. The van der Waals surface area contributed by atoms with Crippen LogP contribution in [0.25, 0.3) is 0 Å². The number of hydrogen-bond donors (Lipinski definition) is 1. The van der Waals surface area contributed by atoms with Gasteiger partial charge in [0.15, 0.2) is 0 Å². The molecule has 1 aliphatic carbocycles. The van der Waals surface area contributed by atoms with Crippen molar-refractivity contribution in [3.63, 3.8) is 0 Å². The van der Waals surface area contributed by atoms with E-state index in [1.54, 1.807) is 18.2 Å². The molecule has 1 amide bonds. The summed E-state index contributed by atoms with van der Waals surface area (Å²) >= 11 is 0. The molecule has 2 aromatic carbocycles. The minimum atomic E-state index is -4.06. The average molecular weight is 496 g/mol. The maximum atomic E-state index is 14.2. The number of nitrogens with zero attached hydrogens (tertiary/aromatic N) is 2. The van der Waals surface area contributed by atoms with Gasteiger partial charge in [0.2, 0.25) is 20.0 Å². The number of amides is 1. The predicted molar refractivity (Wildman–Crippen MR) is 120 cm³/mol. The molecule has 1 N–H and O–H groups in total. The number of benzene rings is 2. The molecule has 2 aromatic rings. The topological polar surface area (TPSA) is 104 Å². The van der Waals surface area contributed by atoms with Gasteiger partial charge in [0, 0.05) is 37.8 Å². The minimum absolute atomic E-state index is 0.0399. The van der Waals surface area contributed by atoms with Gasteiger partial charge in [0.25, 0.3) is 5.91 Å². The zero-order chi connectivity index (χ0) is 24.0. The van der Waals surface area contributed by atoms with Gasteiger partial charge in [0.05, 0.1) is 4.90 Å². The summed E-state index contributed by atoms with van der Waals surface area (Å²) < 4.78 is 68.8. The van der Waals surface area contributed by atoms with Crippen LogP contribution in [0.5, 0.6) is 0 Å².